The summed E-state index contributed by atoms with van der Waals surface area (Å²) in [6.45, 7) is 5.98. The number of primary sulfonamides is 1. The Balaban J connectivity index is 1.43. The number of sulfonamides is 2. The standard InChI is InChI=1S/C22H30N6O5S3/c1-15(2)33-20-6-5-17(36(23,31)32)12-18(20)25-22-26-19(14-34-22)16-4-7-21(24-13-16)27-8-10-28(11-9-27)35(3,29)30/h4-6,12-15,21H,7-11H2,1-3H3,(H,25,26)(H2,23,31,32). The molecule has 36 heavy (non-hydrogen) atoms. The first-order valence-corrected chi connectivity index (χ1v) is 15.7. The highest BCUT2D eigenvalue weighted by Gasteiger charge is 2.28. The van der Waals surface area contributed by atoms with Crippen molar-refractivity contribution in [2.75, 3.05) is 37.8 Å². The van der Waals surface area contributed by atoms with Gasteiger partial charge in [-0.25, -0.2) is 27.0 Å². The van der Waals surface area contributed by atoms with Crippen molar-refractivity contribution in [2.24, 2.45) is 10.1 Å². The van der Waals surface area contributed by atoms with Crippen LogP contribution in [0.15, 0.2) is 39.5 Å². The molecule has 0 spiro atoms. The maximum atomic E-state index is 11.8. The summed E-state index contributed by atoms with van der Waals surface area (Å²) in [5, 5.41) is 10.9. The zero-order chi connectivity index (χ0) is 26.1. The Morgan fingerprint density at radius 3 is 2.47 bits per heavy atom. The summed E-state index contributed by atoms with van der Waals surface area (Å²) >= 11 is 1.38. The zero-order valence-electron chi connectivity index (χ0n) is 20.3. The Morgan fingerprint density at radius 1 is 1.17 bits per heavy atom. The Morgan fingerprint density at radius 2 is 1.89 bits per heavy atom. The maximum absolute atomic E-state index is 11.8. The molecule has 0 bridgehead atoms. The second-order valence-corrected chi connectivity index (χ2v) is 13.3. The van der Waals surface area contributed by atoms with Crippen molar-refractivity contribution < 1.29 is 21.6 Å². The van der Waals surface area contributed by atoms with Crippen molar-refractivity contribution >= 4 is 54.0 Å². The van der Waals surface area contributed by atoms with Crippen LogP contribution in [0.1, 0.15) is 26.0 Å². The fourth-order valence-corrected chi connectivity index (χ4v) is 6.08. The third kappa shape index (κ3) is 6.49. The molecule has 4 rings (SSSR count). The van der Waals surface area contributed by atoms with Crippen molar-refractivity contribution in [1.29, 1.82) is 0 Å². The number of hydrogen-bond acceptors (Lipinski definition) is 10. The van der Waals surface area contributed by atoms with E-state index in [2.05, 4.69) is 26.3 Å². The number of allylic oxidation sites excluding steroid dienone is 1. The van der Waals surface area contributed by atoms with Crippen LogP contribution in [0.2, 0.25) is 0 Å². The monoisotopic (exact) mass is 554 g/mol. The van der Waals surface area contributed by atoms with Crippen molar-refractivity contribution in [2.45, 2.75) is 37.4 Å². The lowest BCUT2D eigenvalue weighted by molar-refractivity contribution is 0.141. The van der Waals surface area contributed by atoms with Crippen LogP contribution in [0.5, 0.6) is 5.75 Å². The van der Waals surface area contributed by atoms with Gasteiger partial charge in [0.05, 0.1) is 28.6 Å². The molecule has 1 aromatic heterocycles. The molecule has 0 amide bonds. The van der Waals surface area contributed by atoms with Gasteiger partial charge in [0.2, 0.25) is 20.0 Å². The van der Waals surface area contributed by atoms with Crippen LogP contribution in [-0.4, -0.2) is 81.9 Å². The Hall–Kier alpha value is -2.36. The second kappa shape index (κ2) is 10.6. The molecule has 0 aliphatic carbocycles. The van der Waals surface area contributed by atoms with Crippen LogP contribution in [0, 0.1) is 0 Å². The van der Waals surface area contributed by atoms with E-state index in [1.165, 1.54) is 34.0 Å². The minimum atomic E-state index is -3.88. The summed E-state index contributed by atoms with van der Waals surface area (Å²) < 4.78 is 54.4. The zero-order valence-corrected chi connectivity index (χ0v) is 22.7. The summed E-state index contributed by atoms with van der Waals surface area (Å²) in [6, 6.07) is 4.42. The highest BCUT2D eigenvalue weighted by molar-refractivity contribution is 7.89. The van der Waals surface area contributed by atoms with E-state index in [1.807, 2.05) is 19.2 Å². The fourth-order valence-electron chi connectivity index (χ4n) is 3.98. The van der Waals surface area contributed by atoms with E-state index in [9.17, 15) is 16.8 Å². The molecular weight excluding hydrogens is 524 g/mol. The topological polar surface area (TPSA) is 147 Å². The molecule has 1 fully saturated rings. The lowest BCUT2D eigenvalue weighted by Gasteiger charge is -2.37. The van der Waals surface area contributed by atoms with Gasteiger partial charge in [0.25, 0.3) is 0 Å². The van der Waals surface area contributed by atoms with Gasteiger partial charge in [-0.05, 0) is 32.0 Å². The first-order chi connectivity index (χ1) is 16.9. The molecule has 1 aromatic carbocycles. The summed E-state index contributed by atoms with van der Waals surface area (Å²) in [4.78, 5) is 11.5. The summed E-state index contributed by atoms with van der Waals surface area (Å²) in [5.41, 5.74) is 2.10. The number of aliphatic imine (C=N–C) groups is 1. The average molecular weight is 555 g/mol. The molecule has 1 atom stereocenters. The maximum Gasteiger partial charge on any atom is 0.238 e. The van der Waals surface area contributed by atoms with Crippen LogP contribution in [0.4, 0.5) is 10.8 Å². The van der Waals surface area contributed by atoms with Gasteiger partial charge in [-0.1, -0.05) is 6.08 Å². The van der Waals surface area contributed by atoms with Gasteiger partial charge < -0.3 is 10.1 Å². The number of anilines is 2. The summed E-state index contributed by atoms with van der Waals surface area (Å²) in [5.74, 6) is 0.492. The number of dihydropyridines is 1. The van der Waals surface area contributed by atoms with E-state index in [0.717, 1.165) is 11.3 Å². The first kappa shape index (κ1) is 26.7. The predicted molar refractivity (Wildman–Crippen MR) is 142 cm³/mol. The van der Waals surface area contributed by atoms with Gasteiger partial charge in [-0.3, -0.25) is 9.89 Å². The van der Waals surface area contributed by atoms with E-state index in [1.54, 1.807) is 12.3 Å². The molecule has 1 saturated heterocycles. The van der Waals surface area contributed by atoms with Crippen molar-refractivity contribution in [1.82, 2.24) is 14.2 Å². The van der Waals surface area contributed by atoms with Crippen LogP contribution in [-0.2, 0) is 20.0 Å². The van der Waals surface area contributed by atoms with Gasteiger partial charge in [-0.15, -0.1) is 11.3 Å². The molecule has 2 aromatic rings. The summed E-state index contributed by atoms with van der Waals surface area (Å²) in [6.07, 6.45) is 5.68. The minimum Gasteiger partial charge on any atom is -0.489 e. The largest absolute Gasteiger partial charge is 0.489 e. The Labute approximate surface area is 215 Å². The molecule has 2 aliphatic rings. The SMILES string of the molecule is CC(C)Oc1ccc(S(N)(=O)=O)cc1Nc1nc(C2=CCC(N3CCN(S(C)(=O)=O)CC3)N=C2)cs1. The van der Waals surface area contributed by atoms with Crippen molar-refractivity contribution in [3.63, 3.8) is 0 Å². The lowest BCUT2D eigenvalue weighted by Crippen LogP contribution is -2.51. The minimum absolute atomic E-state index is 0.0246. The quantitative estimate of drug-likeness (QED) is 0.504. The Kier molecular flexibility index (Phi) is 7.83. The van der Waals surface area contributed by atoms with Crippen LogP contribution < -0.4 is 15.2 Å². The fraction of sp³-hybridized carbons (Fsp3) is 0.455. The van der Waals surface area contributed by atoms with Gasteiger partial charge in [0, 0.05) is 49.8 Å². The molecule has 14 heteroatoms. The predicted octanol–water partition coefficient (Wildman–Crippen LogP) is 2.08. The average Bonchev–Trinajstić information content (AvgIpc) is 3.27. The molecule has 196 valence electrons. The third-order valence-corrected chi connectivity index (χ3v) is 8.75. The number of hydrogen-bond donors (Lipinski definition) is 2. The Bertz CT molecular complexity index is 1380. The molecule has 2 aliphatic heterocycles. The highest BCUT2D eigenvalue weighted by Crippen LogP contribution is 2.33. The molecule has 3 heterocycles. The number of ether oxygens (including phenoxy) is 1. The van der Waals surface area contributed by atoms with Crippen LogP contribution in [0.3, 0.4) is 0 Å². The number of piperazine rings is 1. The number of rotatable bonds is 8. The van der Waals surface area contributed by atoms with E-state index < -0.39 is 20.0 Å². The van der Waals surface area contributed by atoms with Gasteiger partial charge >= 0.3 is 0 Å². The van der Waals surface area contributed by atoms with Crippen molar-refractivity contribution in [3.05, 3.63) is 35.3 Å². The number of nitrogens with one attached hydrogen (secondary N) is 1. The molecule has 3 N–H and O–H groups in total. The molecule has 11 nitrogen and oxygen atoms in total. The number of benzene rings is 1. The number of nitrogens with zero attached hydrogens (tertiary/aromatic N) is 4. The second-order valence-electron chi connectivity index (χ2n) is 8.88. The van der Waals surface area contributed by atoms with E-state index in [4.69, 9.17) is 9.88 Å². The highest BCUT2D eigenvalue weighted by atomic mass is 32.2. The molecular formula is C22H30N6O5S3. The number of nitrogens with two attached hydrogens (primary N) is 1. The number of thiazole rings is 1. The van der Waals surface area contributed by atoms with Crippen molar-refractivity contribution in [3.8, 4) is 5.75 Å². The van der Waals surface area contributed by atoms with E-state index in [0.29, 0.717) is 49.2 Å². The number of aromatic nitrogens is 1. The summed E-state index contributed by atoms with van der Waals surface area (Å²) in [7, 11) is -7.04. The first-order valence-electron chi connectivity index (χ1n) is 11.4. The molecule has 1 unspecified atom stereocenters. The van der Waals surface area contributed by atoms with Gasteiger partial charge in [-0.2, -0.15) is 4.31 Å². The van der Waals surface area contributed by atoms with E-state index in [-0.39, 0.29) is 17.2 Å². The lowest BCUT2D eigenvalue weighted by atomic mass is 10.1. The van der Waals surface area contributed by atoms with E-state index >= 15 is 0 Å². The third-order valence-electron chi connectivity index (χ3n) is 5.78. The van der Waals surface area contributed by atoms with Gasteiger partial charge in [0.1, 0.15) is 11.9 Å². The van der Waals surface area contributed by atoms with Crippen LogP contribution >= 0.6 is 11.3 Å². The smallest absolute Gasteiger partial charge is 0.238 e. The van der Waals surface area contributed by atoms with Crippen LogP contribution in [0.25, 0.3) is 5.57 Å². The molecule has 0 radical (unpaired) electrons. The normalized spacial score (nSPS) is 19.9. The van der Waals surface area contributed by atoms with Gasteiger partial charge in [0.15, 0.2) is 5.13 Å². The molecule has 0 saturated carbocycles.